The summed E-state index contributed by atoms with van der Waals surface area (Å²) < 4.78 is 0. The van der Waals surface area contributed by atoms with Gasteiger partial charge in [0, 0.05) is 5.69 Å². The number of nitrogens with zero attached hydrogens (tertiary/aromatic N) is 1. The van der Waals surface area contributed by atoms with Crippen molar-refractivity contribution in [2.45, 2.75) is 32.1 Å². The van der Waals surface area contributed by atoms with Gasteiger partial charge in [0.05, 0.1) is 6.54 Å². The molecule has 0 radical (unpaired) electrons. The highest BCUT2D eigenvalue weighted by atomic mass is 16.2. The number of nitrogens with two attached hydrogens (primary N) is 1. The van der Waals surface area contributed by atoms with E-state index in [1.807, 2.05) is 6.07 Å². The maximum atomic E-state index is 12.2. The summed E-state index contributed by atoms with van der Waals surface area (Å²) in [5.41, 5.74) is 9.48. The summed E-state index contributed by atoms with van der Waals surface area (Å²) in [4.78, 5) is 14.4. The van der Waals surface area contributed by atoms with E-state index in [9.17, 15) is 4.79 Å². The van der Waals surface area contributed by atoms with E-state index in [4.69, 9.17) is 5.73 Å². The molecule has 1 aromatic rings. The number of anilines is 1. The van der Waals surface area contributed by atoms with Crippen LogP contribution in [0.2, 0.25) is 0 Å². The van der Waals surface area contributed by atoms with Gasteiger partial charge in [-0.3, -0.25) is 9.69 Å². The molecule has 21 heavy (non-hydrogen) atoms. The molecule has 0 aromatic heterocycles. The van der Waals surface area contributed by atoms with Gasteiger partial charge in [-0.25, -0.2) is 0 Å². The lowest BCUT2D eigenvalue weighted by Crippen LogP contribution is -2.40. The van der Waals surface area contributed by atoms with E-state index in [1.165, 1.54) is 24.0 Å². The number of benzene rings is 1. The molecule has 1 heterocycles. The second kappa shape index (κ2) is 6.58. The van der Waals surface area contributed by atoms with Gasteiger partial charge < -0.3 is 11.1 Å². The minimum atomic E-state index is 0.0964. The Morgan fingerprint density at radius 3 is 2.76 bits per heavy atom. The Morgan fingerprint density at radius 1 is 1.24 bits per heavy atom. The Labute approximate surface area is 126 Å². The molecule has 3 N–H and O–H groups in total. The molecule has 4 heteroatoms. The molecular weight excluding hydrogens is 262 g/mol. The Kier molecular flexibility index (Phi) is 4.56. The van der Waals surface area contributed by atoms with Gasteiger partial charge >= 0.3 is 0 Å². The van der Waals surface area contributed by atoms with Crippen LogP contribution >= 0.6 is 0 Å². The average Bonchev–Trinajstić information content (AvgIpc) is 2.95. The van der Waals surface area contributed by atoms with Crippen molar-refractivity contribution in [3.8, 4) is 0 Å². The molecule has 0 atom stereocenters. The average molecular weight is 287 g/mol. The van der Waals surface area contributed by atoms with Gasteiger partial charge in [0.25, 0.3) is 0 Å². The van der Waals surface area contributed by atoms with Gasteiger partial charge in [0.15, 0.2) is 0 Å². The van der Waals surface area contributed by atoms with Crippen molar-refractivity contribution >= 4 is 11.6 Å². The number of carbonyl (C=O) groups excluding carboxylic acids is 1. The minimum Gasteiger partial charge on any atom is -0.330 e. The maximum absolute atomic E-state index is 12.2. The SMILES string of the molecule is NCC1CCN(CC(=O)Nc2ccc3c(c2)CCC3)CC1. The van der Waals surface area contributed by atoms with E-state index in [0.29, 0.717) is 12.5 Å². The lowest BCUT2D eigenvalue weighted by atomic mass is 9.97. The fourth-order valence-corrected chi connectivity index (χ4v) is 3.43. The first-order valence-corrected chi connectivity index (χ1v) is 8.08. The largest absolute Gasteiger partial charge is 0.330 e. The standard InChI is InChI=1S/C17H25N3O/c18-11-13-6-8-20(9-7-13)12-17(21)19-16-5-4-14-2-1-3-15(14)10-16/h4-5,10,13H,1-3,6-9,11-12,18H2,(H,19,21). The number of rotatable bonds is 4. The number of fused-ring (bicyclic) bond motifs is 1. The molecule has 3 rings (SSSR count). The Bertz CT molecular complexity index is 507. The van der Waals surface area contributed by atoms with Gasteiger partial charge in [0.2, 0.25) is 5.91 Å². The van der Waals surface area contributed by atoms with E-state index in [1.54, 1.807) is 0 Å². The van der Waals surface area contributed by atoms with Crippen LogP contribution in [0.15, 0.2) is 18.2 Å². The summed E-state index contributed by atoms with van der Waals surface area (Å²) in [6, 6.07) is 6.33. The molecule has 0 saturated carbocycles. The zero-order chi connectivity index (χ0) is 14.7. The zero-order valence-corrected chi connectivity index (χ0v) is 12.6. The lowest BCUT2D eigenvalue weighted by molar-refractivity contribution is -0.117. The summed E-state index contributed by atoms with van der Waals surface area (Å²) in [7, 11) is 0. The monoisotopic (exact) mass is 287 g/mol. The normalized spacial score (nSPS) is 19.5. The quantitative estimate of drug-likeness (QED) is 0.887. The lowest BCUT2D eigenvalue weighted by Gasteiger charge is -2.30. The van der Waals surface area contributed by atoms with Crippen LogP contribution in [0.5, 0.6) is 0 Å². The van der Waals surface area contributed by atoms with Crippen molar-refractivity contribution in [3.05, 3.63) is 29.3 Å². The molecule has 0 bridgehead atoms. The molecule has 2 aliphatic rings. The molecule has 1 aliphatic heterocycles. The fourth-order valence-electron chi connectivity index (χ4n) is 3.43. The number of amides is 1. The fraction of sp³-hybridized carbons (Fsp3) is 0.588. The topological polar surface area (TPSA) is 58.4 Å². The number of aryl methyl sites for hydroxylation is 2. The summed E-state index contributed by atoms with van der Waals surface area (Å²) >= 11 is 0. The van der Waals surface area contributed by atoms with Crippen LogP contribution in [0, 0.1) is 5.92 Å². The summed E-state index contributed by atoms with van der Waals surface area (Å²) in [5, 5.41) is 3.04. The molecule has 1 aromatic carbocycles. The van der Waals surface area contributed by atoms with Gasteiger partial charge in [0.1, 0.15) is 0 Å². The van der Waals surface area contributed by atoms with Gasteiger partial charge in [-0.05, 0) is 80.9 Å². The molecule has 114 valence electrons. The number of nitrogens with one attached hydrogen (secondary N) is 1. The third-order valence-electron chi connectivity index (χ3n) is 4.79. The predicted molar refractivity (Wildman–Crippen MR) is 85.3 cm³/mol. The van der Waals surface area contributed by atoms with Crippen LogP contribution in [0.1, 0.15) is 30.4 Å². The van der Waals surface area contributed by atoms with Crippen molar-refractivity contribution < 1.29 is 4.79 Å². The first-order valence-electron chi connectivity index (χ1n) is 8.08. The second-order valence-electron chi connectivity index (χ2n) is 6.34. The van der Waals surface area contributed by atoms with Gasteiger partial charge in [-0.2, -0.15) is 0 Å². The van der Waals surface area contributed by atoms with Crippen LogP contribution in [-0.2, 0) is 17.6 Å². The number of piperidine rings is 1. The first-order chi connectivity index (χ1) is 10.2. The molecule has 1 saturated heterocycles. The molecule has 1 amide bonds. The van der Waals surface area contributed by atoms with Crippen molar-refractivity contribution in [1.29, 1.82) is 0 Å². The number of hydrogen-bond acceptors (Lipinski definition) is 3. The first kappa shape index (κ1) is 14.5. The number of likely N-dealkylation sites (tertiary alicyclic amines) is 1. The van der Waals surface area contributed by atoms with Gasteiger partial charge in [-0.15, -0.1) is 0 Å². The van der Waals surface area contributed by atoms with Crippen LogP contribution in [0.4, 0.5) is 5.69 Å². The van der Waals surface area contributed by atoms with Crippen LogP contribution < -0.4 is 11.1 Å². The zero-order valence-electron chi connectivity index (χ0n) is 12.6. The molecule has 4 nitrogen and oxygen atoms in total. The van der Waals surface area contributed by atoms with Crippen LogP contribution in [0.3, 0.4) is 0 Å². The van der Waals surface area contributed by atoms with E-state index >= 15 is 0 Å². The van der Waals surface area contributed by atoms with Crippen molar-refractivity contribution in [2.75, 3.05) is 31.5 Å². The second-order valence-corrected chi connectivity index (χ2v) is 6.34. The van der Waals surface area contributed by atoms with E-state index in [0.717, 1.165) is 44.6 Å². The van der Waals surface area contributed by atoms with E-state index in [2.05, 4.69) is 22.3 Å². The number of carbonyl (C=O) groups is 1. The van der Waals surface area contributed by atoms with Crippen molar-refractivity contribution in [3.63, 3.8) is 0 Å². The maximum Gasteiger partial charge on any atom is 0.238 e. The highest BCUT2D eigenvalue weighted by Gasteiger charge is 2.20. The molecule has 0 unspecified atom stereocenters. The minimum absolute atomic E-state index is 0.0964. The third kappa shape index (κ3) is 3.63. The Hall–Kier alpha value is -1.39. The highest BCUT2D eigenvalue weighted by molar-refractivity contribution is 5.92. The molecule has 1 fully saturated rings. The molecule has 1 aliphatic carbocycles. The molecular formula is C17H25N3O. The highest BCUT2D eigenvalue weighted by Crippen LogP contribution is 2.25. The molecule has 0 spiro atoms. The van der Waals surface area contributed by atoms with Gasteiger partial charge in [-0.1, -0.05) is 6.07 Å². The Morgan fingerprint density at radius 2 is 2.00 bits per heavy atom. The number of hydrogen-bond donors (Lipinski definition) is 2. The predicted octanol–water partition coefficient (Wildman–Crippen LogP) is 1.78. The third-order valence-corrected chi connectivity index (χ3v) is 4.79. The summed E-state index contributed by atoms with van der Waals surface area (Å²) in [6.07, 6.45) is 5.79. The van der Waals surface area contributed by atoms with Crippen LogP contribution in [-0.4, -0.2) is 37.0 Å². The summed E-state index contributed by atoms with van der Waals surface area (Å²) in [6.45, 7) is 3.24. The summed E-state index contributed by atoms with van der Waals surface area (Å²) in [5.74, 6) is 0.736. The van der Waals surface area contributed by atoms with E-state index in [-0.39, 0.29) is 5.91 Å². The van der Waals surface area contributed by atoms with Crippen LogP contribution in [0.25, 0.3) is 0 Å². The van der Waals surface area contributed by atoms with E-state index < -0.39 is 0 Å². The smallest absolute Gasteiger partial charge is 0.238 e. The van der Waals surface area contributed by atoms with Crippen molar-refractivity contribution in [1.82, 2.24) is 4.90 Å². The Balaban J connectivity index is 1.50. The van der Waals surface area contributed by atoms with Crippen molar-refractivity contribution in [2.24, 2.45) is 11.7 Å².